The fourth-order valence-electron chi connectivity index (χ4n) is 5.10. The summed E-state index contributed by atoms with van der Waals surface area (Å²) in [4.78, 5) is 67.6. The molecule has 0 aliphatic carbocycles. The van der Waals surface area contributed by atoms with Crippen LogP contribution in [0.1, 0.15) is 38.5 Å². The summed E-state index contributed by atoms with van der Waals surface area (Å²) in [6.07, 6.45) is 0.231. The summed E-state index contributed by atoms with van der Waals surface area (Å²) in [6, 6.07) is 0. The van der Waals surface area contributed by atoms with Gasteiger partial charge in [-0.25, -0.2) is 9.63 Å². The molecule has 0 spiro atoms. The molecule has 4 amide bonds. The molecule has 3 saturated heterocycles. The molecule has 0 bridgehead atoms. The van der Waals surface area contributed by atoms with Gasteiger partial charge < -0.3 is 71.2 Å². The zero-order valence-corrected chi connectivity index (χ0v) is 35.7. The van der Waals surface area contributed by atoms with Crippen molar-refractivity contribution < 1.29 is 100.0 Å². The molecule has 2 unspecified atom stereocenters. The van der Waals surface area contributed by atoms with Crippen molar-refractivity contribution in [3.8, 4) is 0 Å². The van der Waals surface area contributed by atoms with Crippen molar-refractivity contribution in [2.24, 2.45) is 0 Å². The maximum atomic E-state index is 11.7. The summed E-state index contributed by atoms with van der Waals surface area (Å²) in [5, 5.41) is 1.32. The number of carbonyl (C=O) groups excluding carboxylic acids is 5. The first-order valence-corrected chi connectivity index (χ1v) is 21.2. The van der Waals surface area contributed by atoms with Crippen LogP contribution in [0.2, 0.25) is 0 Å². The Morgan fingerprint density at radius 3 is 0.952 bits per heavy atom. The molecule has 23 nitrogen and oxygen atoms in total. The first-order chi connectivity index (χ1) is 30.5. The summed E-state index contributed by atoms with van der Waals surface area (Å²) in [6.45, 7) is 11.0. The Kier molecular flexibility index (Phi) is 31.5. The Morgan fingerprint density at radius 1 is 0.387 bits per heavy atom. The van der Waals surface area contributed by atoms with Crippen LogP contribution in [-0.4, -0.2) is 224 Å². The van der Waals surface area contributed by atoms with Gasteiger partial charge in [-0.05, 0) is 0 Å². The average Bonchev–Trinajstić information content (AvgIpc) is 3.84. The average molecular weight is 899 g/mol. The number of ether oxygens (including phenoxy) is 14. The van der Waals surface area contributed by atoms with Crippen molar-refractivity contribution in [3.05, 3.63) is 0 Å². The van der Waals surface area contributed by atoms with E-state index < -0.39 is 24.1 Å². The van der Waals surface area contributed by atoms with E-state index in [1.807, 2.05) is 0 Å². The second kappa shape index (κ2) is 36.5. The molecule has 3 aliphatic rings. The van der Waals surface area contributed by atoms with Gasteiger partial charge >= 0.3 is 5.97 Å². The molecular formula is C39H66N2O21. The van der Waals surface area contributed by atoms with Gasteiger partial charge in [0.15, 0.2) is 0 Å². The molecule has 3 rings (SSSR count). The molecule has 358 valence electrons. The predicted octanol–water partition coefficient (Wildman–Crippen LogP) is -0.605. The molecule has 0 aromatic carbocycles. The number of imide groups is 2. The Morgan fingerprint density at radius 2 is 0.645 bits per heavy atom. The van der Waals surface area contributed by atoms with Crippen molar-refractivity contribution in [2.75, 3.05) is 172 Å². The molecule has 3 heterocycles. The first kappa shape index (κ1) is 53.5. The van der Waals surface area contributed by atoms with Crippen molar-refractivity contribution in [3.63, 3.8) is 0 Å². The number of hydroxylamine groups is 4. The van der Waals surface area contributed by atoms with Crippen LogP contribution in [0.25, 0.3) is 0 Å². The Hall–Kier alpha value is -2.85. The molecule has 23 heteroatoms. The van der Waals surface area contributed by atoms with Crippen LogP contribution in [0, 0.1) is 0 Å². The number of epoxide rings is 1. The van der Waals surface area contributed by atoms with Crippen LogP contribution in [0.15, 0.2) is 0 Å². The summed E-state index contributed by atoms with van der Waals surface area (Å²) in [7, 11) is 0. The van der Waals surface area contributed by atoms with Crippen molar-refractivity contribution >= 4 is 29.6 Å². The predicted molar refractivity (Wildman–Crippen MR) is 208 cm³/mol. The van der Waals surface area contributed by atoms with Gasteiger partial charge in [-0.2, -0.15) is 5.06 Å². The lowest BCUT2D eigenvalue weighted by molar-refractivity contribution is -0.201. The van der Waals surface area contributed by atoms with E-state index >= 15 is 0 Å². The Bertz CT molecular complexity index is 1190. The summed E-state index contributed by atoms with van der Waals surface area (Å²) in [5.41, 5.74) is 0. The lowest BCUT2D eigenvalue weighted by Gasteiger charge is -2.12. The number of amides is 4. The van der Waals surface area contributed by atoms with Gasteiger partial charge in [-0.1, -0.05) is 0 Å². The van der Waals surface area contributed by atoms with Crippen molar-refractivity contribution in [1.82, 2.24) is 10.1 Å². The molecule has 0 saturated carbocycles. The van der Waals surface area contributed by atoms with E-state index in [-0.39, 0.29) is 63.2 Å². The van der Waals surface area contributed by atoms with Gasteiger partial charge in [0.1, 0.15) is 6.10 Å². The quantitative estimate of drug-likeness (QED) is 0.0421. The molecule has 0 aromatic rings. The lowest BCUT2D eigenvalue weighted by atomic mass is 10.3. The smallest absolute Gasteiger partial charge is 0.335 e. The van der Waals surface area contributed by atoms with Crippen molar-refractivity contribution in [1.29, 1.82) is 0 Å². The van der Waals surface area contributed by atoms with E-state index in [4.69, 9.17) is 76.0 Å². The minimum absolute atomic E-state index is 0.0528. The van der Waals surface area contributed by atoms with Crippen LogP contribution >= 0.6 is 0 Å². The molecule has 0 N–H and O–H groups in total. The second-order valence-electron chi connectivity index (χ2n) is 13.3. The molecule has 2 atom stereocenters. The number of nitrogens with zero attached hydrogens (tertiary/aromatic N) is 2. The van der Waals surface area contributed by atoms with Gasteiger partial charge in [-0.3, -0.25) is 19.2 Å². The van der Waals surface area contributed by atoms with E-state index in [0.717, 1.165) is 5.06 Å². The Labute approximate surface area is 362 Å². The molecule has 3 fully saturated rings. The highest BCUT2D eigenvalue weighted by molar-refractivity contribution is 6.01. The fraction of sp³-hybridized carbons (Fsp3) is 0.872. The van der Waals surface area contributed by atoms with Gasteiger partial charge in [0, 0.05) is 38.7 Å². The lowest BCUT2D eigenvalue weighted by Crippen LogP contribution is -2.32. The number of rotatable bonds is 45. The number of hydrogen-bond donors (Lipinski definition) is 0. The summed E-state index contributed by atoms with van der Waals surface area (Å²) < 4.78 is 76.2. The highest BCUT2D eigenvalue weighted by atomic mass is 16.9. The highest BCUT2D eigenvalue weighted by Gasteiger charge is 2.45. The van der Waals surface area contributed by atoms with Crippen LogP contribution in [0.5, 0.6) is 0 Å². The second-order valence-corrected chi connectivity index (χ2v) is 13.3. The monoisotopic (exact) mass is 898 g/mol. The topological polar surface area (TPSA) is 243 Å². The highest BCUT2D eigenvalue weighted by Crippen LogP contribution is 2.29. The van der Waals surface area contributed by atoms with Crippen LogP contribution in [0.4, 0.5) is 0 Å². The zero-order valence-electron chi connectivity index (χ0n) is 35.7. The maximum absolute atomic E-state index is 11.7. The van der Waals surface area contributed by atoms with Gasteiger partial charge in [0.25, 0.3) is 23.6 Å². The van der Waals surface area contributed by atoms with E-state index in [0.29, 0.717) is 170 Å². The third-order valence-corrected chi connectivity index (χ3v) is 8.41. The molecule has 0 radical (unpaired) electrons. The van der Waals surface area contributed by atoms with Gasteiger partial charge in [0.05, 0.1) is 172 Å². The van der Waals surface area contributed by atoms with E-state index in [9.17, 15) is 24.0 Å². The fourth-order valence-corrected chi connectivity index (χ4v) is 5.10. The normalized spacial score (nSPS) is 17.6. The van der Waals surface area contributed by atoms with E-state index in [1.165, 1.54) is 0 Å². The molecular weight excluding hydrogens is 832 g/mol. The zero-order chi connectivity index (χ0) is 44.1. The first-order valence-electron chi connectivity index (χ1n) is 21.2. The van der Waals surface area contributed by atoms with E-state index in [2.05, 4.69) is 0 Å². The summed E-state index contributed by atoms with van der Waals surface area (Å²) in [5.74, 6) is -2.40. The van der Waals surface area contributed by atoms with Crippen LogP contribution < -0.4 is 0 Å². The van der Waals surface area contributed by atoms with E-state index in [1.54, 1.807) is 0 Å². The SMILES string of the molecule is O=C(CCOCCOCCOCCOCCOCCOCCOCCOCCOCCOCCOCCOCCOCCC1OC1ON1C(=O)CCC1=O)ON1C(=O)CCC1=O. The third kappa shape index (κ3) is 27.4. The van der Waals surface area contributed by atoms with Gasteiger partial charge in [-0.15, -0.1) is 5.06 Å². The standard InChI is InChI=1S/C39H66N2O21/c42-34-1-2-35(43)40(34)61-38(46)6-8-48-10-12-50-14-16-52-18-20-54-22-24-56-26-28-58-30-32-59-31-29-57-27-25-55-23-21-53-19-17-51-15-13-49-11-9-47-7-5-33-39(60-33)62-41-36(44)3-4-37(41)45/h33,39H,1-32H2. The largest absolute Gasteiger partial charge is 0.379 e. The van der Waals surface area contributed by atoms with Crippen LogP contribution in [0.3, 0.4) is 0 Å². The Balaban J connectivity index is 0.876. The number of hydrogen-bond acceptors (Lipinski definition) is 21. The third-order valence-electron chi connectivity index (χ3n) is 8.41. The van der Waals surface area contributed by atoms with Crippen molar-refractivity contribution in [2.45, 2.75) is 50.9 Å². The molecule has 62 heavy (non-hydrogen) atoms. The van der Waals surface area contributed by atoms with Crippen LogP contribution in [-0.2, 0) is 100.0 Å². The minimum atomic E-state index is -0.705. The minimum Gasteiger partial charge on any atom is -0.379 e. The summed E-state index contributed by atoms with van der Waals surface area (Å²) >= 11 is 0. The molecule has 3 aliphatic heterocycles. The van der Waals surface area contributed by atoms with Gasteiger partial charge in [0.2, 0.25) is 6.29 Å². The molecule has 0 aromatic heterocycles. The maximum Gasteiger partial charge on any atom is 0.335 e. The number of carbonyl (C=O) groups is 5.